The minimum Gasteiger partial charge on any atom is -0.497 e. The first-order chi connectivity index (χ1) is 17.9. The zero-order chi connectivity index (χ0) is 26.4. The van der Waals surface area contributed by atoms with E-state index in [0.29, 0.717) is 24.6 Å². The minimum absolute atomic E-state index is 0. The van der Waals surface area contributed by atoms with Gasteiger partial charge < -0.3 is 34.6 Å². The van der Waals surface area contributed by atoms with E-state index in [4.69, 9.17) is 14.2 Å². The van der Waals surface area contributed by atoms with Crippen molar-refractivity contribution in [1.29, 1.82) is 0 Å². The van der Waals surface area contributed by atoms with E-state index in [1.54, 1.807) is 26.2 Å². The first-order valence-electron chi connectivity index (χ1n) is 12.2. The first-order valence-corrected chi connectivity index (χ1v) is 13.1. The van der Waals surface area contributed by atoms with E-state index in [0.717, 1.165) is 40.4 Å². The number of carbonyl (C=O) groups excluding carboxylic acids is 1. The highest BCUT2D eigenvalue weighted by molar-refractivity contribution is 7.99. The molecule has 3 aromatic rings. The molecular weight excluding hydrogens is 540 g/mol. The van der Waals surface area contributed by atoms with Gasteiger partial charge >= 0.3 is 0 Å². The highest BCUT2D eigenvalue weighted by Crippen LogP contribution is 2.45. The first kappa shape index (κ1) is 32.3. The zero-order valence-corrected chi connectivity index (χ0v) is 24.3. The third-order valence-electron chi connectivity index (χ3n) is 6.60. The van der Waals surface area contributed by atoms with Crippen molar-refractivity contribution in [2.75, 3.05) is 52.9 Å². The molecule has 212 valence electrons. The quantitative estimate of drug-likeness (QED) is 0.389. The lowest BCUT2D eigenvalue weighted by molar-refractivity contribution is -0.126. The second-order valence-electron chi connectivity index (χ2n) is 8.96. The number of aliphatic hydroxyl groups is 1. The van der Waals surface area contributed by atoms with Crippen LogP contribution in [0, 0.1) is 0 Å². The van der Waals surface area contributed by atoms with Crippen molar-refractivity contribution >= 4 is 35.8 Å². The maximum absolute atomic E-state index is 13.5. The van der Waals surface area contributed by atoms with Gasteiger partial charge in [-0.1, -0.05) is 30.3 Å². The van der Waals surface area contributed by atoms with Crippen molar-refractivity contribution in [2.24, 2.45) is 0 Å². The number of thioether (sulfide) groups is 1. The van der Waals surface area contributed by atoms with Crippen LogP contribution in [-0.2, 0) is 11.2 Å². The average Bonchev–Trinajstić information content (AvgIpc) is 3.04. The molecule has 4 rings (SSSR count). The molecule has 39 heavy (non-hydrogen) atoms. The number of ether oxygens (including phenoxy) is 3. The summed E-state index contributed by atoms with van der Waals surface area (Å²) in [5.74, 6) is 1.88. The zero-order valence-electron chi connectivity index (χ0n) is 22.6. The van der Waals surface area contributed by atoms with Crippen LogP contribution in [0.4, 0.5) is 5.69 Å². The Kier molecular flexibility index (Phi) is 12.4. The summed E-state index contributed by atoms with van der Waals surface area (Å²) < 4.78 is 16.0. The molecule has 2 unspecified atom stereocenters. The maximum atomic E-state index is 13.5. The van der Waals surface area contributed by atoms with Crippen LogP contribution in [-0.4, -0.2) is 75.5 Å². The van der Waals surface area contributed by atoms with Gasteiger partial charge in [-0.2, -0.15) is 0 Å². The van der Waals surface area contributed by atoms with E-state index in [-0.39, 0.29) is 23.8 Å². The number of fused-ring (bicyclic) bond motifs is 1. The van der Waals surface area contributed by atoms with Gasteiger partial charge in [0.1, 0.15) is 11.9 Å². The van der Waals surface area contributed by atoms with E-state index in [1.807, 2.05) is 73.8 Å². The molecule has 0 fully saturated rings. The Morgan fingerprint density at radius 1 is 0.923 bits per heavy atom. The predicted molar refractivity (Wildman–Crippen MR) is 158 cm³/mol. The van der Waals surface area contributed by atoms with Crippen LogP contribution >= 0.6 is 24.2 Å². The summed E-state index contributed by atoms with van der Waals surface area (Å²) in [4.78, 5) is 18.4. The van der Waals surface area contributed by atoms with E-state index >= 15 is 0 Å². The van der Waals surface area contributed by atoms with E-state index < -0.39 is 11.4 Å². The molecule has 0 saturated carbocycles. The molecule has 3 aromatic carbocycles. The smallest absolute Gasteiger partial charge is 0.257 e. The van der Waals surface area contributed by atoms with Gasteiger partial charge in [0.25, 0.3) is 5.91 Å². The minimum atomic E-state index is -1.16. The summed E-state index contributed by atoms with van der Waals surface area (Å²) >= 11 is 1.52. The van der Waals surface area contributed by atoms with E-state index in [1.165, 1.54) is 11.8 Å². The highest BCUT2D eigenvalue weighted by atomic mass is 35.5. The number of amides is 1. The Bertz CT molecular complexity index is 1210. The lowest BCUT2D eigenvalue weighted by Gasteiger charge is -2.27. The molecule has 10 heteroatoms. The molecule has 1 aliphatic heterocycles. The Labute approximate surface area is 240 Å². The molecule has 0 bridgehead atoms. The summed E-state index contributed by atoms with van der Waals surface area (Å²) in [6.07, 6.45) is -0.331. The molecule has 0 radical (unpaired) electrons. The molecular formula is C29H37ClN2O6S. The fourth-order valence-corrected chi connectivity index (χ4v) is 5.67. The molecule has 3 N–H and O–H groups in total. The average molecular weight is 577 g/mol. The molecule has 8 nitrogen and oxygen atoms in total. The number of methoxy groups -OCH3 is 3. The number of aliphatic hydroxyl groups excluding tert-OH is 1. The van der Waals surface area contributed by atoms with Crippen LogP contribution in [0.2, 0.25) is 0 Å². The number of benzene rings is 3. The van der Waals surface area contributed by atoms with Gasteiger partial charge in [-0.25, -0.2) is 0 Å². The van der Waals surface area contributed by atoms with E-state index in [2.05, 4.69) is 4.90 Å². The standard InChI is InChI=1S/C29H34N2O5S.ClH.H2O/c1-30(16-15-20-9-14-24(35-3)25(19-20)36-4)17-18-31-23-7-5-6-8-26(23)37-28(27(32)29(31)33)21-10-12-22(34-2)13-11-21;;/h5-14,19,27-28,32H,15-18H2,1-4H3;1H;1H2. The van der Waals surface area contributed by atoms with Gasteiger partial charge in [0.2, 0.25) is 0 Å². The van der Waals surface area contributed by atoms with Gasteiger partial charge in [0, 0.05) is 24.5 Å². The third-order valence-corrected chi connectivity index (χ3v) is 7.98. The topological polar surface area (TPSA) is 103 Å². The fraction of sp³-hybridized carbons (Fsp3) is 0.345. The molecule has 0 aliphatic carbocycles. The Morgan fingerprint density at radius 3 is 2.28 bits per heavy atom. The monoisotopic (exact) mass is 576 g/mol. The van der Waals surface area contributed by atoms with Crippen LogP contribution in [0.15, 0.2) is 71.6 Å². The number of nitrogens with zero attached hydrogens (tertiary/aromatic N) is 2. The van der Waals surface area contributed by atoms with Gasteiger partial charge in [-0.05, 0) is 61.0 Å². The predicted octanol–water partition coefficient (Wildman–Crippen LogP) is 4.02. The summed E-state index contributed by atoms with van der Waals surface area (Å²) in [5, 5.41) is 10.8. The number of hydrogen-bond donors (Lipinski definition) is 1. The number of likely N-dealkylation sites (N-methyl/N-ethyl adjacent to an activating group) is 1. The van der Waals surface area contributed by atoms with Crippen molar-refractivity contribution in [3.05, 3.63) is 77.9 Å². The lowest BCUT2D eigenvalue weighted by Crippen LogP contribution is -2.44. The van der Waals surface area contributed by atoms with Crippen molar-refractivity contribution in [2.45, 2.75) is 22.7 Å². The molecule has 2 atom stereocenters. The second kappa shape index (κ2) is 15.0. The molecule has 1 aliphatic rings. The largest absolute Gasteiger partial charge is 0.497 e. The lowest BCUT2D eigenvalue weighted by atomic mass is 10.1. The summed E-state index contributed by atoms with van der Waals surface area (Å²) in [6, 6.07) is 21.3. The number of anilines is 1. The Balaban J connectivity index is 0.00000267. The van der Waals surface area contributed by atoms with Crippen LogP contribution in [0.3, 0.4) is 0 Å². The van der Waals surface area contributed by atoms with Gasteiger partial charge in [-0.15, -0.1) is 24.2 Å². The van der Waals surface area contributed by atoms with Crippen molar-refractivity contribution in [1.82, 2.24) is 4.90 Å². The van der Waals surface area contributed by atoms with Gasteiger partial charge in [0.05, 0.1) is 32.3 Å². The fourth-order valence-electron chi connectivity index (χ4n) is 4.40. The SMILES string of the molecule is COc1ccc(C2Sc3ccccc3N(CCN(C)CCc3ccc(OC)c(OC)c3)C(=O)C2O)cc1.Cl.O. The Hall–Kier alpha value is -2.95. The van der Waals surface area contributed by atoms with Crippen molar-refractivity contribution in [3.63, 3.8) is 0 Å². The molecule has 0 aromatic heterocycles. The Morgan fingerprint density at radius 2 is 1.62 bits per heavy atom. The summed E-state index contributed by atoms with van der Waals surface area (Å²) in [6.45, 7) is 1.95. The van der Waals surface area contributed by atoms with Crippen molar-refractivity contribution < 1.29 is 29.6 Å². The van der Waals surface area contributed by atoms with Crippen LogP contribution in [0.1, 0.15) is 16.4 Å². The highest BCUT2D eigenvalue weighted by Gasteiger charge is 2.37. The normalized spacial score (nSPS) is 16.5. The summed E-state index contributed by atoms with van der Waals surface area (Å²) in [5.41, 5.74) is 2.87. The maximum Gasteiger partial charge on any atom is 0.257 e. The van der Waals surface area contributed by atoms with Gasteiger partial charge in [0.15, 0.2) is 11.5 Å². The third kappa shape index (κ3) is 7.58. The van der Waals surface area contributed by atoms with Crippen LogP contribution < -0.4 is 19.1 Å². The number of halogens is 1. The molecule has 1 amide bonds. The molecule has 1 heterocycles. The number of rotatable bonds is 10. The number of carbonyl (C=O) groups is 1. The second-order valence-corrected chi connectivity index (χ2v) is 10.1. The number of hydrogen-bond acceptors (Lipinski definition) is 7. The van der Waals surface area contributed by atoms with Crippen LogP contribution in [0.25, 0.3) is 0 Å². The van der Waals surface area contributed by atoms with E-state index in [9.17, 15) is 9.90 Å². The van der Waals surface area contributed by atoms with Crippen LogP contribution in [0.5, 0.6) is 17.2 Å². The number of para-hydroxylation sites is 1. The van der Waals surface area contributed by atoms with Crippen molar-refractivity contribution in [3.8, 4) is 17.2 Å². The molecule has 0 saturated heterocycles. The molecule has 0 spiro atoms. The summed E-state index contributed by atoms with van der Waals surface area (Å²) in [7, 11) is 6.92. The van der Waals surface area contributed by atoms with Gasteiger partial charge in [-0.3, -0.25) is 4.79 Å².